The Hall–Kier alpha value is -2.02. The van der Waals surface area contributed by atoms with Gasteiger partial charge in [-0.1, -0.05) is 22.0 Å². The Bertz CT molecular complexity index is 622. The van der Waals surface area contributed by atoms with Crippen LogP contribution in [0, 0.1) is 15.9 Å². The number of alkyl halides is 1. The summed E-state index contributed by atoms with van der Waals surface area (Å²) < 4.78 is 18.5. The number of halogens is 2. The molecule has 1 heterocycles. The number of aromatic nitrogens is 1. The average molecular weight is 327 g/mol. The summed E-state index contributed by atoms with van der Waals surface area (Å²) in [5, 5.41) is 11.3. The van der Waals surface area contributed by atoms with Crippen LogP contribution in [0.4, 0.5) is 10.1 Å². The molecule has 1 aromatic heterocycles. The van der Waals surface area contributed by atoms with E-state index in [0.717, 1.165) is 18.2 Å². The fourth-order valence-corrected chi connectivity index (χ4v) is 1.87. The van der Waals surface area contributed by atoms with Gasteiger partial charge in [0.25, 0.3) is 0 Å². The van der Waals surface area contributed by atoms with Gasteiger partial charge in [-0.05, 0) is 12.1 Å². The Balaban J connectivity index is 2.42. The Morgan fingerprint density at radius 1 is 1.42 bits per heavy atom. The van der Waals surface area contributed by atoms with E-state index < -0.39 is 10.7 Å². The number of rotatable bonds is 4. The maximum Gasteiger partial charge on any atom is 0.311 e. The molecule has 0 aliphatic carbocycles. The molecule has 0 saturated carbocycles. The highest BCUT2D eigenvalue weighted by molar-refractivity contribution is 9.08. The molecule has 0 fully saturated rings. The summed E-state index contributed by atoms with van der Waals surface area (Å²) in [5.74, 6) is -0.587. The Labute approximate surface area is 116 Å². The van der Waals surface area contributed by atoms with Crippen LogP contribution >= 0.6 is 15.9 Å². The summed E-state index contributed by atoms with van der Waals surface area (Å²) >= 11 is 3.26. The number of hydrogen-bond donors (Lipinski definition) is 0. The van der Waals surface area contributed by atoms with E-state index >= 15 is 0 Å². The largest absolute Gasteiger partial charge is 0.431 e. The van der Waals surface area contributed by atoms with Crippen molar-refractivity contribution in [2.24, 2.45) is 0 Å². The molecule has 0 atom stereocenters. The van der Waals surface area contributed by atoms with E-state index in [1.807, 2.05) is 0 Å². The predicted octanol–water partition coefficient (Wildman–Crippen LogP) is 3.82. The van der Waals surface area contributed by atoms with Crippen molar-refractivity contribution in [1.82, 2.24) is 4.98 Å². The van der Waals surface area contributed by atoms with Crippen molar-refractivity contribution >= 4 is 21.6 Å². The van der Waals surface area contributed by atoms with Crippen LogP contribution in [0.5, 0.6) is 11.6 Å². The quantitative estimate of drug-likeness (QED) is 0.486. The van der Waals surface area contributed by atoms with E-state index in [1.165, 1.54) is 6.20 Å². The first-order chi connectivity index (χ1) is 9.11. The van der Waals surface area contributed by atoms with Crippen LogP contribution in [0.25, 0.3) is 0 Å². The molecule has 0 aliphatic heterocycles. The van der Waals surface area contributed by atoms with Crippen LogP contribution in [-0.2, 0) is 5.33 Å². The van der Waals surface area contributed by atoms with Crippen molar-refractivity contribution in [2.75, 3.05) is 0 Å². The third-order valence-electron chi connectivity index (χ3n) is 2.32. The average Bonchev–Trinajstić information content (AvgIpc) is 2.39. The summed E-state index contributed by atoms with van der Waals surface area (Å²) in [6.07, 6.45) is 1.49. The molecule has 0 aliphatic rings. The number of nitro benzene ring substituents is 1. The topological polar surface area (TPSA) is 65.3 Å². The van der Waals surface area contributed by atoms with Crippen LogP contribution in [0.15, 0.2) is 36.5 Å². The molecule has 0 unspecified atom stereocenters. The molecular weight excluding hydrogens is 319 g/mol. The monoisotopic (exact) mass is 326 g/mol. The van der Waals surface area contributed by atoms with Crippen molar-refractivity contribution in [3.63, 3.8) is 0 Å². The van der Waals surface area contributed by atoms with Gasteiger partial charge in [-0.2, -0.15) is 0 Å². The second kappa shape index (κ2) is 5.75. The first-order valence-electron chi connectivity index (χ1n) is 5.23. The Morgan fingerprint density at radius 2 is 2.21 bits per heavy atom. The maximum absolute atomic E-state index is 13.2. The van der Waals surface area contributed by atoms with Gasteiger partial charge in [0.1, 0.15) is 5.82 Å². The molecule has 0 radical (unpaired) electrons. The zero-order valence-electron chi connectivity index (χ0n) is 9.55. The smallest absolute Gasteiger partial charge is 0.311 e. The van der Waals surface area contributed by atoms with E-state index in [9.17, 15) is 14.5 Å². The van der Waals surface area contributed by atoms with E-state index in [1.54, 1.807) is 12.1 Å². The first-order valence-corrected chi connectivity index (χ1v) is 6.35. The van der Waals surface area contributed by atoms with Gasteiger partial charge < -0.3 is 4.74 Å². The number of pyridine rings is 1. The van der Waals surface area contributed by atoms with E-state index in [0.29, 0.717) is 10.9 Å². The van der Waals surface area contributed by atoms with Crippen LogP contribution in [-0.4, -0.2) is 9.91 Å². The van der Waals surface area contributed by atoms with E-state index in [-0.39, 0.29) is 17.3 Å². The molecule has 7 heteroatoms. The molecule has 5 nitrogen and oxygen atoms in total. The first kappa shape index (κ1) is 13.4. The van der Waals surface area contributed by atoms with E-state index in [4.69, 9.17) is 4.74 Å². The standard InChI is InChI=1S/C12H8BrFN2O3/c13-7-8-2-1-5-15-12(8)19-11-6-9(14)3-4-10(11)16(17)18/h1-6H,7H2. The number of benzene rings is 1. The molecule has 0 saturated heterocycles. The third-order valence-corrected chi connectivity index (χ3v) is 2.92. The summed E-state index contributed by atoms with van der Waals surface area (Å²) in [5.41, 5.74) is 0.397. The fourth-order valence-electron chi connectivity index (χ4n) is 1.44. The SMILES string of the molecule is O=[N+]([O-])c1ccc(F)cc1Oc1ncccc1CBr. The van der Waals surface area contributed by atoms with Crippen molar-refractivity contribution in [2.45, 2.75) is 5.33 Å². The zero-order chi connectivity index (χ0) is 13.8. The summed E-state index contributed by atoms with van der Waals surface area (Å²) in [4.78, 5) is 14.2. The molecular formula is C12H8BrFN2O3. The van der Waals surface area contributed by atoms with Crippen LogP contribution in [0.2, 0.25) is 0 Å². The third kappa shape index (κ3) is 3.05. The highest BCUT2D eigenvalue weighted by Crippen LogP contribution is 2.32. The number of hydrogen-bond acceptors (Lipinski definition) is 4. The van der Waals surface area contributed by atoms with Gasteiger partial charge in [-0.25, -0.2) is 9.37 Å². The highest BCUT2D eigenvalue weighted by atomic mass is 79.9. The normalized spacial score (nSPS) is 10.2. The van der Waals surface area contributed by atoms with Gasteiger partial charge in [0.05, 0.1) is 4.92 Å². The van der Waals surface area contributed by atoms with Crippen LogP contribution < -0.4 is 4.74 Å². The second-order valence-corrected chi connectivity index (χ2v) is 4.13. The van der Waals surface area contributed by atoms with Gasteiger partial charge in [0.2, 0.25) is 11.6 Å². The van der Waals surface area contributed by atoms with Gasteiger partial charge in [0, 0.05) is 29.2 Å². The molecule has 2 rings (SSSR count). The predicted molar refractivity (Wildman–Crippen MR) is 70.0 cm³/mol. The van der Waals surface area contributed by atoms with Gasteiger partial charge in [-0.15, -0.1) is 0 Å². The summed E-state index contributed by atoms with van der Waals surface area (Å²) in [7, 11) is 0. The molecule has 0 amide bonds. The molecule has 98 valence electrons. The fraction of sp³-hybridized carbons (Fsp3) is 0.0833. The Kier molecular flexibility index (Phi) is 4.06. The number of nitro groups is 1. The molecule has 1 aromatic carbocycles. The van der Waals surface area contributed by atoms with Gasteiger partial charge >= 0.3 is 5.69 Å². The second-order valence-electron chi connectivity index (χ2n) is 3.57. The number of nitrogens with zero attached hydrogens (tertiary/aromatic N) is 2. The van der Waals surface area contributed by atoms with Crippen molar-refractivity contribution < 1.29 is 14.1 Å². The lowest BCUT2D eigenvalue weighted by Crippen LogP contribution is -1.97. The molecule has 19 heavy (non-hydrogen) atoms. The molecule has 2 aromatic rings. The van der Waals surface area contributed by atoms with Gasteiger partial charge in [0.15, 0.2) is 0 Å². The molecule has 0 spiro atoms. The minimum absolute atomic E-state index is 0.175. The number of ether oxygens (including phenoxy) is 1. The lowest BCUT2D eigenvalue weighted by Gasteiger charge is -2.08. The summed E-state index contributed by atoms with van der Waals surface area (Å²) in [6, 6.07) is 6.49. The lowest BCUT2D eigenvalue weighted by molar-refractivity contribution is -0.385. The van der Waals surface area contributed by atoms with Crippen LogP contribution in [0.1, 0.15) is 5.56 Å². The maximum atomic E-state index is 13.2. The van der Waals surface area contributed by atoms with Crippen molar-refractivity contribution in [1.29, 1.82) is 0 Å². The minimum atomic E-state index is -0.633. The minimum Gasteiger partial charge on any atom is -0.431 e. The van der Waals surface area contributed by atoms with E-state index in [2.05, 4.69) is 20.9 Å². The molecule has 0 bridgehead atoms. The van der Waals surface area contributed by atoms with Crippen LogP contribution in [0.3, 0.4) is 0 Å². The Morgan fingerprint density at radius 3 is 2.89 bits per heavy atom. The highest BCUT2D eigenvalue weighted by Gasteiger charge is 2.18. The lowest BCUT2D eigenvalue weighted by atomic mass is 10.3. The van der Waals surface area contributed by atoms with Crippen molar-refractivity contribution in [3.05, 3.63) is 58.0 Å². The van der Waals surface area contributed by atoms with Crippen molar-refractivity contribution in [3.8, 4) is 11.6 Å². The zero-order valence-corrected chi connectivity index (χ0v) is 11.1. The van der Waals surface area contributed by atoms with Gasteiger partial charge in [-0.3, -0.25) is 10.1 Å². The summed E-state index contributed by atoms with van der Waals surface area (Å²) in [6.45, 7) is 0. The molecule has 0 N–H and O–H groups in total.